The topological polar surface area (TPSA) is 60.7 Å². The Morgan fingerprint density at radius 2 is 1.31 bits per heavy atom. The van der Waals surface area contributed by atoms with Gasteiger partial charge in [0.2, 0.25) is 0 Å². The van der Waals surface area contributed by atoms with Crippen molar-refractivity contribution in [2.24, 2.45) is 0 Å². The molecule has 3 N–H and O–H groups in total. The summed E-state index contributed by atoms with van der Waals surface area (Å²) >= 11 is 0. The molecule has 0 aliphatic heterocycles. The lowest BCUT2D eigenvalue weighted by atomic mass is 10.0. The van der Waals surface area contributed by atoms with Gasteiger partial charge >= 0.3 is 0 Å². The quantitative estimate of drug-likeness (QED) is 0.721. The zero-order chi connectivity index (χ0) is 12.4. The molecule has 0 fully saturated rings. The molecule has 0 aliphatic rings. The van der Waals surface area contributed by atoms with Crippen LogP contribution in [0.1, 0.15) is 25.0 Å². The molecular weight excluding hydrogens is 204 g/mol. The van der Waals surface area contributed by atoms with E-state index in [4.69, 9.17) is 15.3 Å². The summed E-state index contributed by atoms with van der Waals surface area (Å²) in [5.74, 6) is 0. The number of hydrogen-bond acceptors (Lipinski definition) is 3. The third-order valence-electron chi connectivity index (χ3n) is 2.30. The van der Waals surface area contributed by atoms with Gasteiger partial charge in [0.05, 0.1) is 13.2 Å². The largest absolute Gasteiger partial charge is 0.394 e. The fourth-order valence-electron chi connectivity index (χ4n) is 1.31. The molecule has 0 atom stereocenters. The first-order chi connectivity index (χ1) is 7.69. The molecule has 3 heteroatoms. The summed E-state index contributed by atoms with van der Waals surface area (Å²) in [6.07, 6.45) is 1.36. The smallest absolute Gasteiger partial charge is 0.100 e. The van der Waals surface area contributed by atoms with E-state index in [1.165, 1.54) is 11.1 Å². The molecule has 0 spiro atoms. The van der Waals surface area contributed by atoms with Gasteiger partial charge in [0.15, 0.2) is 0 Å². The van der Waals surface area contributed by atoms with Crippen LogP contribution in [-0.2, 0) is 12.8 Å². The van der Waals surface area contributed by atoms with Crippen LogP contribution >= 0.6 is 0 Å². The number of aliphatic hydroxyl groups excluding tert-OH is 3. The number of aliphatic hydroxyl groups is 3. The van der Waals surface area contributed by atoms with Crippen LogP contribution in [0.15, 0.2) is 24.3 Å². The van der Waals surface area contributed by atoms with E-state index in [2.05, 4.69) is 38.1 Å². The number of hydrogen-bond donors (Lipinski definition) is 3. The van der Waals surface area contributed by atoms with E-state index in [9.17, 15) is 0 Å². The maximum Gasteiger partial charge on any atom is 0.100 e. The Morgan fingerprint density at radius 1 is 0.938 bits per heavy atom. The first-order valence-corrected chi connectivity index (χ1v) is 5.66. The Labute approximate surface area is 97.4 Å². The fraction of sp³-hybridized carbons (Fsp3) is 0.538. The molecule has 0 heterocycles. The highest BCUT2D eigenvalue weighted by Gasteiger charge is 1.94. The van der Waals surface area contributed by atoms with Gasteiger partial charge in [-0.2, -0.15) is 0 Å². The SMILES string of the molecule is CCc1ccccc1CC.OCC(O)CO. The van der Waals surface area contributed by atoms with Crippen molar-refractivity contribution in [1.82, 2.24) is 0 Å². The van der Waals surface area contributed by atoms with Crippen molar-refractivity contribution in [1.29, 1.82) is 0 Å². The lowest BCUT2D eigenvalue weighted by Crippen LogP contribution is -2.15. The second kappa shape index (κ2) is 9.33. The number of benzene rings is 1. The van der Waals surface area contributed by atoms with Gasteiger partial charge in [-0.15, -0.1) is 0 Å². The van der Waals surface area contributed by atoms with E-state index < -0.39 is 6.10 Å². The van der Waals surface area contributed by atoms with Crippen LogP contribution in [0.2, 0.25) is 0 Å². The van der Waals surface area contributed by atoms with Crippen molar-refractivity contribution in [3.05, 3.63) is 35.4 Å². The number of rotatable bonds is 4. The predicted molar refractivity (Wildman–Crippen MR) is 65.4 cm³/mol. The summed E-state index contributed by atoms with van der Waals surface area (Å²) in [6, 6.07) is 8.63. The minimum Gasteiger partial charge on any atom is -0.394 e. The van der Waals surface area contributed by atoms with Gasteiger partial charge in [-0.1, -0.05) is 38.1 Å². The minimum atomic E-state index is -0.954. The van der Waals surface area contributed by atoms with Crippen molar-refractivity contribution in [3.8, 4) is 0 Å². The predicted octanol–water partition coefficient (Wildman–Crippen LogP) is 1.14. The molecule has 0 unspecified atom stereocenters. The van der Waals surface area contributed by atoms with Gasteiger partial charge in [0.25, 0.3) is 0 Å². The van der Waals surface area contributed by atoms with Gasteiger partial charge in [-0.05, 0) is 24.0 Å². The summed E-state index contributed by atoms with van der Waals surface area (Å²) < 4.78 is 0. The van der Waals surface area contributed by atoms with Crippen LogP contribution < -0.4 is 0 Å². The highest BCUT2D eigenvalue weighted by molar-refractivity contribution is 5.26. The molecule has 0 amide bonds. The molecule has 1 rings (SSSR count). The van der Waals surface area contributed by atoms with E-state index in [0.29, 0.717) is 0 Å². The monoisotopic (exact) mass is 226 g/mol. The zero-order valence-electron chi connectivity index (χ0n) is 10.1. The normalized spacial score (nSPS) is 9.88. The first-order valence-electron chi connectivity index (χ1n) is 5.66. The molecule has 0 radical (unpaired) electrons. The Hall–Kier alpha value is -0.900. The maximum absolute atomic E-state index is 8.17. The van der Waals surface area contributed by atoms with Crippen molar-refractivity contribution < 1.29 is 15.3 Å². The molecule has 3 nitrogen and oxygen atoms in total. The van der Waals surface area contributed by atoms with Gasteiger partial charge in [0.1, 0.15) is 6.10 Å². The second-order valence-corrected chi connectivity index (χ2v) is 3.49. The Morgan fingerprint density at radius 3 is 1.50 bits per heavy atom. The Kier molecular flexibility index (Phi) is 8.81. The summed E-state index contributed by atoms with van der Waals surface area (Å²) in [5.41, 5.74) is 2.98. The number of aryl methyl sites for hydroxylation is 2. The second-order valence-electron chi connectivity index (χ2n) is 3.49. The van der Waals surface area contributed by atoms with Crippen LogP contribution in [0.4, 0.5) is 0 Å². The molecule has 0 bridgehead atoms. The fourth-order valence-corrected chi connectivity index (χ4v) is 1.31. The van der Waals surface area contributed by atoms with Crippen LogP contribution in [0, 0.1) is 0 Å². The molecule has 0 aliphatic carbocycles. The van der Waals surface area contributed by atoms with E-state index >= 15 is 0 Å². The van der Waals surface area contributed by atoms with Crippen LogP contribution in [-0.4, -0.2) is 34.6 Å². The van der Waals surface area contributed by atoms with E-state index in [1.54, 1.807) is 0 Å². The van der Waals surface area contributed by atoms with Crippen molar-refractivity contribution in [2.75, 3.05) is 13.2 Å². The highest BCUT2D eigenvalue weighted by atomic mass is 16.3. The van der Waals surface area contributed by atoms with Crippen LogP contribution in [0.25, 0.3) is 0 Å². The average molecular weight is 226 g/mol. The van der Waals surface area contributed by atoms with Crippen molar-refractivity contribution >= 4 is 0 Å². The van der Waals surface area contributed by atoms with Crippen LogP contribution in [0.3, 0.4) is 0 Å². The lowest BCUT2D eigenvalue weighted by Gasteiger charge is -2.02. The van der Waals surface area contributed by atoms with Gasteiger partial charge < -0.3 is 15.3 Å². The minimum absolute atomic E-state index is 0.365. The third kappa shape index (κ3) is 5.85. The van der Waals surface area contributed by atoms with Crippen LogP contribution in [0.5, 0.6) is 0 Å². The summed E-state index contributed by atoms with van der Waals surface area (Å²) in [6.45, 7) is 3.68. The van der Waals surface area contributed by atoms with E-state index in [-0.39, 0.29) is 13.2 Å². The zero-order valence-corrected chi connectivity index (χ0v) is 10.1. The molecule has 1 aromatic carbocycles. The van der Waals surface area contributed by atoms with E-state index in [0.717, 1.165) is 12.8 Å². The van der Waals surface area contributed by atoms with Gasteiger partial charge in [0, 0.05) is 0 Å². The Balaban J connectivity index is 0.000000325. The third-order valence-corrected chi connectivity index (χ3v) is 2.30. The van der Waals surface area contributed by atoms with Gasteiger partial charge in [-0.25, -0.2) is 0 Å². The molecule has 16 heavy (non-hydrogen) atoms. The van der Waals surface area contributed by atoms with Crippen molar-refractivity contribution in [2.45, 2.75) is 32.8 Å². The molecular formula is C13H22O3. The maximum atomic E-state index is 8.17. The molecule has 1 aromatic rings. The van der Waals surface area contributed by atoms with Crippen molar-refractivity contribution in [3.63, 3.8) is 0 Å². The highest BCUT2D eigenvalue weighted by Crippen LogP contribution is 2.08. The molecule has 0 saturated heterocycles. The standard InChI is InChI=1S/C10H14.C3H8O3/c1-3-9-7-5-6-8-10(9)4-2;4-1-3(6)2-5/h5-8H,3-4H2,1-2H3;3-6H,1-2H2. The van der Waals surface area contributed by atoms with Gasteiger partial charge in [-0.3, -0.25) is 0 Å². The average Bonchev–Trinajstić information content (AvgIpc) is 2.38. The summed E-state index contributed by atoms with van der Waals surface area (Å²) in [5, 5.41) is 24.0. The first kappa shape index (κ1) is 15.1. The lowest BCUT2D eigenvalue weighted by molar-refractivity contribution is 0.0450. The van der Waals surface area contributed by atoms with E-state index in [1.807, 2.05) is 0 Å². The molecule has 0 aromatic heterocycles. The molecule has 0 saturated carbocycles. The molecule has 92 valence electrons. The Bertz CT molecular complexity index is 247. The summed E-state index contributed by atoms with van der Waals surface area (Å²) in [7, 11) is 0. The summed E-state index contributed by atoms with van der Waals surface area (Å²) in [4.78, 5) is 0.